The van der Waals surface area contributed by atoms with E-state index in [1.807, 2.05) is 13.8 Å². The summed E-state index contributed by atoms with van der Waals surface area (Å²) in [4.78, 5) is 22.6. The maximum atomic E-state index is 12.4. The maximum absolute atomic E-state index is 12.4. The number of phenols is 1. The highest BCUT2D eigenvalue weighted by Crippen LogP contribution is 2.41. The van der Waals surface area contributed by atoms with Crippen molar-refractivity contribution in [2.45, 2.75) is 39.4 Å². The van der Waals surface area contributed by atoms with E-state index in [2.05, 4.69) is 15.3 Å². The van der Waals surface area contributed by atoms with Gasteiger partial charge in [0.05, 0.1) is 35.1 Å². The fraction of sp³-hybridized carbons (Fsp3) is 0.353. The number of nitrogens with two attached hydrogens (primary N) is 1. The number of hydrogen-bond donors (Lipinski definition) is 3. The first-order chi connectivity index (χ1) is 12.3. The number of benzene rings is 1. The molecule has 0 unspecified atom stereocenters. The summed E-state index contributed by atoms with van der Waals surface area (Å²) in [5.74, 6) is -0.0568. The van der Waals surface area contributed by atoms with Crippen LogP contribution in [0, 0.1) is 0 Å². The van der Waals surface area contributed by atoms with Crippen molar-refractivity contribution in [3.63, 3.8) is 0 Å². The number of nitrogen functional groups attached to an aromatic ring is 1. The summed E-state index contributed by atoms with van der Waals surface area (Å²) in [6, 6.07) is 2.78. The van der Waals surface area contributed by atoms with Gasteiger partial charge in [0.25, 0.3) is 0 Å². The van der Waals surface area contributed by atoms with Gasteiger partial charge in [-0.05, 0) is 25.5 Å². The van der Waals surface area contributed by atoms with Crippen LogP contribution in [0.2, 0.25) is 10.0 Å². The molecule has 0 saturated carbocycles. The lowest BCUT2D eigenvalue weighted by Crippen LogP contribution is -2.41. The van der Waals surface area contributed by atoms with E-state index in [0.29, 0.717) is 40.6 Å². The number of carbonyl (C=O) groups is 1. The molecule has 9 heteroatoms. The largest absolute Gasteiger partial charge is 0.507 e. The molecule has 26 heavy (non-hydrogen) atoms. The van der Waals surface area contributed by atoms with Crippen LogP contribution in [0.1, 0.15) is 31.5 Å². The molecular formula is C17H19Cl2N5O2. The van der Waals surface area contributed by atoms with E-state index in [1.165, 1.54) is 12.1 Å². The van der Waals surface area contributed by atoms with Crippen LogP contribution >= 0.6 is 23.2 Å². The molecule has 4 N–H and O–H groups in total. The SMILES string of the molecule is CC[C@@H](C)NC(=O)N1Cc2nc(N)nc(-c3c(O)cc(Cl)cc3Cl)c2C1. The van der Waals surface area contributed by atoms with E-state index in [1.54, 1.807) is 4.90 Å². The number of nitrogens with zero attached hydrogens (tertiary/aromatic N) is 3. The summed E-state index contributed by atoms with van der Waals surface area (Å²) in [6.07, 6.45) is 0.832. The topological polar surface area (TPSA) is 104 Å². The van der Waals surface area contributed by atoms with Gasteiger partial charge < -0.3 is 21.1 Å². The van der Waals surface area contributed by atoms with E-state index in [9.17, 15) is 9.90 Å². The minimum atomic E-state index is -0.187. The molecule has 3 rings (SSSR count). The van der Waals surface area contributed by atoms with Crippen molar-refractivity contribution in [2.24, 2.45) is 0 Å². The fourth-order valence-electron chi connectivity index (χ4n) is 2.82. The highest BCUT2D eigenvalue weighted by atomic mass is 35.5. The summed E-state index contributed by atoms with van der Waals surface area (Å²) in [5, 5.41) is 13.8. The number of halogens is 2. The Morgan fingerprint density at radius 3 is 2.77 bits per heavy atom. The molecule has 1 aromatic carbocycles. The van der Waals surface area contributed by atoms with Gasteiger partial charge in [-0.3, -0.25) is 0 Å². The van der Waals surface area contributed by atoms with Crippen molar-refractivity contribution in [2.75, 3.05) is 5.73 Å². The van der Waals surface area contributed by atoms with Gasteiger partial charge in [0.2, 0.25) is 5.95 Å². The average molecular weight is 396 g/mol. The molecule has 7 nitrogen and oxygen atoms in total. The highest BCUT2D eigenvalue weighted by Gasteiger charge is 2.30. The molecule has 0 fully saturated rings. The van der Waals surface area contributed by atoms with Gasteiger partial charge in [0.15, 0.2) is 0 Å². The minimum absolute atomic E-state index is 0.0494. The molecule has 0 radical (unpaired) electrons. The van der Waals surface area contributed by atoms with Gasteiger partial charge in [0.1, 0.15) is 5.75 Å². The van der Waals surface area contributed by atoms with Crippen LogP contribution in [0.3, 0.4) is 0 Å². The number of aromatic hydroxyl groups is 1. The van der Waals surface area contributed by atoms with Crippen LogP contribution in [0.4, 0.5) is 10.7 Å². The molecule has 1 aromatic heterocycles. The number of carbonyl (C=O) groups excluding carboxylic acids is 1. The Morgan fingerprint density at radius 1 is 1.38 bits per heavy atom. The fourth-order valence-corrected chi connectivity index (χ4v) is 3.40. The third-order valence-corrected chi connectivity index (χ3v) is 4.86. The van der Waals surface area contributed by atoms with Crippen LogP contribution in [0.25, 0.3) is 11.3 Å². The van der Waals surface area contributed by atoms with Gasteiger partial charge in [-0.1, -0.05) is 30.1 Å². The van der Waals surface area contributed by atoms with Crippen molar-refractivity contribution in [1.82, 2.24) is 20.2 Å². The number of nitrogens with one attached hydrogen (secondary N) is 1. The van der Waals surface area contributed by atoms with Gasteiger partial charge in [0, 0.05) is 16.6 Å². The van der Waals surface area contributed by atoms with E-state index < -0.39 is 0 Å². The van der Waals surface area contributed by atoms with Crippen molar-refractivity contribution < 1.29 is 9.90 Å². The number of urea groups is 1. The monoisotopic (exact) mass is 395 g/mol. The lowest BCUT2D eigenvalue weighted by Gasteiger charge is -2.19. The van der Waals surface area contributed by atoms with Crippen LogP contribution in [0.5, 0.6) is 5.75 Å². The number of amides is 2. The van der Waals surface area contributed by atoms with Crippen LogP contribution in [0.15, 0.2) is 12.1 Å². The number of fused-ring (bicyclic) bond motifs is 1. The maximum Gasteiger partial charge on any atom is 0.318 e. The van der Waals surface area contributed by atoms with Crippen LogP contribution < -0.4 is 11.1 Å². The van der Waals surface area contributed by atoms with E-state index >= 15 is 0 Å². The molecular weight excluding hydrogens is 377 g/mol. The Bertz CT molecular complexity index is 851. The highest BCUT2D eigenvalue weighted by molar-refractivity contribution is 6.36. The molecule has 1 aliphatic rings. The van der Waals surface area contributed by atoms with Crippen molar-refractivity contribution >= 4 is 35.2 Å². The van der Waals surface area contributed by atoms with Crippen LogP contribution in [-0.2, 0) is 13.1 Å². The van der Waals surface area contributed by atoms with Crippen molar-refractivity contribution in [3.05, 3.63) is 33.4 Å². The van der Waals surface area contributed by atoms with Crippen molar-refractivity contribution in [3.8, 4) is 17.0 Å². The normalized spacial score (nSPS) is 14.2. The Balaban J connectivity index is 2.00. The minimum Gasteiger partial charge on any atom is -0.507 e. The summed E-state index contributed by atoms with van der Waals surface area (Å²) in [5.41, 5.74) is 7.91. The Kier molecular flexibility index (Phi) is 5.11. The first-order valence-electron chi connectivity index (χ1n) is 8.19. The molecule has 0 bridgehead atoms. The lowest BCUT2D eigenvalue weighted by molar-refractivity contribution is 0.194. The predicted octanol–water partition coefficient (Wildman–Crippen LogP) is 3.56. The number of hydrogen-bond acceptors (Lipinski definition) is 5. The third-order valence-electron chi connectivity index (χ3n) is 4.34. The lowest BCUT2D eigenvalue weighted by atomic mass is 10.0. The second-order valence-electron chi connectivity index (χ2n) is 6.25. The summed E-state index contributed by atoms with van der Waals surface area (Å²) >= 11 is 12.2. The first-order valence-corrected chi connectivity index (χ1v) is 8.94. The second-order valence-corrected chi connectivity index (χ2v) is 7.10. The van der Waals surface area contributed by atoms with E-state index in [4.69, 9.17) is 28.9 Å². The average Bonchev–Trinajstić information content (AvgIpc) is 2.97. The quantitative estimate of drug-likeness (QED) is 0.736. The summed E-state index contributed by atoms with van der Waals surface area (Å²) < 4.78 is 0. The first kappa shape index (κ1) is 18.5. The molecule has 1 atom stereocenters. The number of phenolic OH excluding ortho intramolecular Hbond substituents is 1. The molecule has 2 amide bonds. The Labute approximate surface area is 161 Å². The number of aromatic nitrogens is 2. The molecule has 1 aliphatic heterocycles. The molecule has 0 saturated heterocycles. The van der Waals surface area contributed by atoms with Gasteiger partial charge in [-0.15, -0.1) is 0 Å². The third kappa shape index (κ3) is 3.50. The number of anilines is 1. The zero-order valence-electron chi connectivity index (χ0n) is 14.4. The van der Waals surface area contributed by atoms with E-state index in [0.717, 1.165) is 6.42 Å². The smallest absolute Gasteiger partial charge is 0.318 e. The predicted molar refractivity (Wildman–Crippen MR) is 101 cm³/mol. The van der Waals surface area contributed by atoms with Gasteiger partial charge in [-0.2, -0.15) is 0 Å². The van der Waals surface area contributed by atoms with E-state index in [-0.39, 0.29) is 28.8 Å². The Hall–Kier alpha value is -2.25. The van der Waals surface area contributed by atoms with Crippen LogP contribution in [-0.4, -0.2) is 32.0 Å². The zero-order valence-corrected chi connectivity index (χ0v) is 15.9. The molecule has 138 valence electrons. The van der Waals surface area contributed by atoms with Crippen molar-refractivity contribution in [1.29, 1.82) is 0 Å². The van der Waals surface area contributed by atoms with Gasteiger partial charge in [-0.25, -0.2) is 14.8 Å². The molecule has 0 aliphatic carbocycles. The molecule has 2 heterocycles. The number of rotatable bonds is 3. The standard InChI is InChI=1S/C17H19Cl2N5O2/c1-3-8(2)21-17(26)24-6-10-12(7-24)22-16(20)23-15(10)14-11(19)4-9(18)5-13(14)25/h4-5,8,25H,3,6-7H2,1-2H3,(H,21,26)(H2,20,22,23)/t8-/m1/s1. The zero-order chi connectivity index (χ0) is 19.0. The molecule has 2 aromatic rings. The molecule has 0 spiro atoms. The Morgan fingerprint density at radius 2 is 2.12 bits per heavy atom. The summed E-state index contributed by atoms with van der Waals surface area (Å²) in [6.45, 7) is 4.55. The summed E-state index contributed by atoms with van der Waals surface area (Å²) in [7, 11) is 0. The second kappa shape index (κ2) is 7.17. The van der Waals surface area contributed by atoms with Gasteiger partial charge >= 0.3 is 6.03 Å².